The number of hydrogen-bond acceptors (Lipinski definition) is 4. The highest BCUT2D eigenvalue weighted by Gasteiger charge is 2.11. The van der Waals surface area contributed by atoms with Gasteiger partial charge in [-0.3, -0.25) is 0 Å². The molecule has 0 radical (unpaired) electrons. The minimum Gasteiger partial charge on any atom is -0.367 e. The van der Waals surface area contributed by atoms with E-state index in [-0.39, 0.29) is 0 Å². The van der Waals surface area contributed by atoms with Gasteiger partial charge in [0, 0.05) is 6.04 Å². The molecule has 1 aliphatic carbocycles. The zero-order valence-electron chi connectivity index (χ0n) is 10.3. The van der Waals surface area contributed by atoms with Gasteiger partial charge in [-0.2, -0.15) is 0 Å². The van der Waals surface area contributed by atoms with Gasteiger partial charge in [-0.25, -0.2) is 10.8 Å². The fraction of sp³-hybridized carbons (Fsp3) is 0.615. The Hall–Kier alpha value is -1.29. The van der Waals surface area contributed by atoms with E-state index in [0.29, 0.717) is 11.9 Å². The van der Waals surface area contributed by atoms with Crippen molar-refractivity contribution in [1.29, 1.82) is 0 Å². The molecule has 1 aromatic rings. The van der Waals surface area contributed by atoms with Gasteiger partial charge >= 0.3 is 0 Å². The molecular weight excluding hydrogens is 212 g/mol. The largest absolute Gasteiger partial charge is 0.367 e. The van der Waals surface area contributed by atoms with Gasteiger partial charge < -0.3 is 10.7 Å². The summed E-state index contributed by atoms with van der Waals surface area (Å²) in [6, 6.07) is 6.40. The summed E-state index contributed by atoms with van der Waals surface area (Å²) in [4.78, 5) is 4.39. The van der Waals surface area contributed by atoms with Crippen LogP contribution >= 0.6 is 0 Å². The van der Waals surface area contributed by atoms with E-state index in [1.54, 1.807) is 0 Å². The predicted molar refractivity (Wildman–Crippen MR) is 71.8 cm³/mol. The standard InChI is InChI=1S/C13H22N4/c14-17-13-10-6-9-12(16-13)15-11-7-4-2-1-3-5-8-11/h6,9-11H,1-5,7-8,14H2,(H2,15,16,17). The first kappa shape index (κ1) is 12.2. The average molecular weight is 234 g/mol. The van der Waals surface area contributed by atoms with E-state index in [2.05, 4.69) is 15.7 Å². The summed E-state index contributed by atoms with van der Waals surface area (Å²) in [5.74, 6) is 6.99. The second kappa shape index (κ2) is 6.45. The van der Waals surface area contributed by atoms with Crippen LogP contribution in [-0.2, 0) is 0 Å². The van der Waals surface area contributed by atoms with E-state index < -0.39 is 0 Å². The molecule has 1 saturated carbocycles. The Bertz CT molecular complexity index is 332. The van der Waals surface area contributed by atoms with Crippen molar-refractivity contribution in [3.05, 3.63) is 18.2 Å². The molecule has 0 unspecified atom stereocenters. The fourth-order valence-corrected chi connectivity index (χ4v) is 2.41. The highest BCUT2D eigenvalue weighted by Crippen LogP contribution is 2.20. The molecular formula is C13H22N4. The Kier molecular flexibility index (Phi) is 4.62. The average Bonchev–Trinajstić information content (AvgIpc) is 2.33. The van der Waals surface area contributed by atoms with Crippen LogP contribution in [0, 0.1) is 0 Å². The minimum atomic E-state index is 0.566. The first-order valence-corrected chi connectivity index (χ1v) is 6.59. The summed E-state index contributed by atoms with van der Waals surface area (Å²) in [7, 11) is 0. The molecule has 1 aromatic heterocycles. The molecule has 0 atom stereocenters. The van der Waals surface area contributed by atoms with Crippen molar-refractivity contribution in [2.24, 2.45) is 5.84 Å². The molecule has 0 aromatic carbocycles. The molecule has 0 aliphatic heterocycles. The first-order valence-electron chi connectivity index (χ1n) is 6.59. The zero-order chi connectivity index (χ0) is 11.9. The normalized spacial score (nSPS) is 18.2. The number of nitrogen functional groups attached to an aromatic ring is 1. The van der Waals surface area contributed by atoms with Crippen molar-refractivity contribution in [3.63, 3.8) is 0 Å². The maximum atomic E-state index is 5.36. The van der Waals surface area contributed by atoms with Crippen molar-refractivity contribution in [2.75, 3.05) is 10.7 Å². The smallest absolute Gasteiger partial charge is 0.142 e. The van der Waals surface area contributed by atoms with Gasteiger partial charge in [-0.15, -0.1) is 0 Å². The monoisotopic (exact) mass is 234 g/mol. The van der Waals surface area contributed by atoms with Crippen molar-refractivity contribution >= 4 is 11.6 Å². The molecule has 4 N–H and O–H groups in total. The topological polar surface area (TPSA) is 63.0 Å². The van der Waals surface area contributed by atoms with Crippen LogP contribution in [0.5, 0.6) is 0 Å². The Morgan fingerprint density at radius 3 is 2.35 bits per heavy atom. The maximum Gasteiger partial charge on any atom is 0.142 e. The number of hydrazine groups is 1. The van der Waals surface area contributed by atoms with Gasteiger partial charge in [-0.1, -0.05) is 38.2 Å². The van der Waals surface area contributed by atoms with Gasteiger partial charge in [0.05, 0.1) is 0 Å². The predicted octanol–water partition coefficient (Wildman–Crippen LogP) is 2.89. The van der Waals surface area contributed by atoms with Crippen LogP contribution in [0.15, 0.2) is 18.2 Å². The van der Waals surface area contributed by atoms with Crippen LogP contribution in [0.4, 0.5) is 11.6 Å². The molecule has 4 nitrogen and oxygen atoms in total. The van der Waals surface area contributed by atoms with Gasteiger partial charge in [0.1, 0.15) is 11.6 Å². The second-order valence-electron chi connectivity index (χ2n) is 4.74. The Morgan fingerprint density at radius 1 is 1.00 bits per heavy atom. The Balaban J connectivity index is 1.93. The number of pyridine rings is 1. The van der Waals surface area contributed by atoms with Crippen LogP contribution in [0.2, 0.25) is 0 Å². The van der Waals surface area contributed by atoms with E-state index in [9.17, 15) is 0 Å². The third kappa shape index (κ3) is 3.89. The lowest BCUT2D eigenvalue weighted by atomic mass is 9.97. The van der Waals surface area contributed by atoms with Gasteiger partial charge in [0.15, 0.2) is 0 Å². The third-order valence-corrected chi connectivity index (χ3v) is 3.35. The minimum absolute atomic E-state index is 0.566. The molecule has 2 rings (SSSR count). The molecule has 1 fully saturated rings. The summed E-state index contributed by atoms with van der Waals surface area (Å²) >= 11 is 0. The number of nitrogens with zero attached hydrogens (tertiary/aromatic N) is 1. The second-order valence-corrected chi connectivity index (χ2v) is 4.74. The molecule has 0 spiro atoms. The van der Waals surface area contributed by atoms with E-state index in [0.717, 1.165) is 5.82 Å². The Labute approximate surface area is 103 Å². The highest BCUT2D eigenvalue weighted by atomic mass is 15.3. The lowest BCUT2D eigenvalue weighted by Crippen LogP contribution is -2.21. The molecule has 1 aliphatic rings. The summed E-state index contributed by atoms with van der Waals surface area (Å²) in [5, 5.41) is 3.52. The number of aromatic nitrogens is 1. The number of anilines is 2. The molecule has 94 valence electrons. The van der Waals surface area contributed by atoms with Crippen LogP contribution < -0.4 is 16.6 Å². The Morgan fingerprint density at radius 2 is 1.65 bits per heavy atom. The molecule has 0 bridgehead atoms. The molecule has 0 amide bonds. The van der Waals surface area contributed by atoms with Crippen molar-refractivity contribution in [3.8, 4) is 0 Å². The van der Waals surface area contributed by atoms with Gasteiger partial charge in [0.2, 0.25) is 0 Å². The van der Waals surface area contributed by atoms with E-state index >= 15 is 0 Å². The molecule has 1 heterocycles. The zero-order valence-corrected chi connectivity index (χ0v) is 10.3. The fourth-order valence-electron chi connectivity index (χ4n) is 2.41. The maximum absolute atomic E-state index is 5.36. The molecule has 4 heteroatoms. The quantitative estimate of drug-likeness (QED) is 0.556. The first-order chi connectivity index (χ1) is 8.38. The van der Waals surface area contributed by atoms with Crippen LogP contribution in [-0.4, -0.2) is 11.0 Å². The highest BCUT2D eigenvalue weighted by molar-refractivity contribution is 5.44. The van der Waals surface area contributed by atoms with E-state index in [1.165, 1.54) is 44.9 Å². The van der Waals surface area contributed by atoms with Gasteiger partial charge in [-0.05, 0) is 25.0 Å². The lowest BCUT2D eigenvalue weighted by Gasteiger charge is -2.21. The number of hydrogen-bond donors (Lipinski definition) is 3. The van der Waals surface area contributed by atoms with Gasteiger partial charge in [0.25, 0.3) is 0 Å². The number of rotatable bonds is 3. The summed E-state index contributed by atoms with van der Waals surface area (Å²) in [6.07, 6.45) is 9.30. The van der Waals surface area contributed by atoms with Crippen LogP contribution in [0.25, 0.3) is 0 Å². The summed E-state index contributed by atoms with van der Waals surface area (Å²) in [5.41, 5.74) is 2.58. The van der Waals surface area contributed by atoms with Crippen molar-refractivity contribution in [1.82, 2.24) is 4.98 Å². The number of nitrogens with one attached hydrogen (secondary N) is 2. The number of nitrogens with two attached hydrogens (primary N) is 1. The summed E-state index contributed by atoms with van der Waals surface area (Å²) in [6.45, 7) is 0. The van der Waals surface area contributed by atoms with Crippen LogP contribution in [0.3, 0.4) is 0 Å². The van der Waals surface area contributed by atoms with Crippen LogP contribution in [0.1, 0.15) is 44.9 Å². The van der Waals surface area contributed by atoms with Crippen molar-refractivity contribution in [2.45, 2.75) is 51.0 Å². The lowest BCUT2D eigenvalue weighted by molar-refractivity contribution is 0.471. The molecule has 0 saturated heterocycles. The third-order valence-electron chi connectivity index (χ3n) is 3.35. The summed E-state index contributed by atoms with van der Waals surface area (Å²) < 4.78 is 0. The molecule has 17 heavy (non-hydrogen) atoms. The van der Waals surface area contributed by atoms with E-state index in [1.807, 2.05) is 18.2 Å². The van der Waals surface area contributed by atoms with E-state index in [4.69, 9.17) is 5.84 Å². The SMILES string of the molecule is NNc1cccc(NC2CCCCCCC2)n1. The van der Waals surface area contributed by atoms with Crippen molar-refractivity contribution < 1.29 is 0 Å².